The Morgan fingerprint density at radius 3 is 2.96 bits per heavy atom. The summed E-state index contributed by atoms with van der Waals surface area (Å²) < 4.78 is 2.26. The van der Waals surface area contributed by atoms with Crippen LogP contribution >= 0.6 is 0 Å². The van der Waals surface area contributed by atoms with Crippen molar-refractivity contribution in [2.24, 2.45) is 0 Å². The quantitative estimate of drug-likeness (QED) is 0.652. The molecule has 3 rings (SSSR count). The highest BCUT2D eigenvalue weighted by Gasteiger charge is 2.13. The third-order valence-electron chi connectivity index (χ3n) is 4.20. The van der Waals surface area contributed by atoms with Gasteiger partial charge in [0.15, 0.2) is 0 Å². The number of rotatable bonds is 6. The van der Waals surface area contributed by atoms with Crippen molar-refractivity contribution in [3.63, 3.8) is 0 Å². The maximum absolute atomic E-state index is 11.8. The largest absolute Gasteiger partial charge is 0.353 e. The first kappa shape index (κ1) is 16.4. The second-order valence-electron chi connectivity index (χ2n) is 6.00. The summed E-state index contributed by atoms with van der Waals surface area (Å²) in [5.41, 5.74) is 0.964. The summed E-state index contributed by atoms with van der Waals surface area (Å²) >= 11 is 0. The van der Waals surface area contributed by atoms with Gasteiger partial charge in [0.05, 0.1) is 0 Å². The van der Waals surface area contributed by atoms with Gasteiger partial charge >= 0.3 is 0 Å². The predicted molar refractivity (Wildman–Crippen MR) is 92.2 cm³/mol. The minimum Gasteiger partial charge on any atom is -0.353 e. The zero-order valence-electron chi connectivity index (χ0n) is 13.8. The molecule has 0 atom stereocenters. The summed E-state index contributed by atoms with van der Waals surface area (Å²) in [6.45, 7) is 1.67. The van der Waals surface area contributed by atoms with E-state index in [1.54, 1.807) is 24.5 Å². The Balaban J connectivity index is 1.42. The van der Waals surface area contributed by atoms with Gasteiger partial charge in [-0.15, -0.1) is 10.2 Å². The van der Waals surface area contributed by atoms with E-state index in [4.69, 9.17) is 0 Å². The van der Waals surface area contributed by atoms with E-state index in [-0.39, 0.29) is 5.91 Å². The second kappa shape index (κ2) is 8.38. The highest BCUT2D eigenvalue weighted by molar-refractivity contribution is 5.91. The summed E-state index contributed by atoms with van der Waals surface area (Å²) in [6, 6.07) is 3.72. The lowest BCUT2D eigenvalue weighted by Gasteiger charge is -2.07. The number of hydrogen-bond donors (Lipinski definition) is 1. The molecule has 3 heterocycles. The normalized spacial score (nSPS) is 14.3. The number of nitrogens with zero attached hydrogens (tertiary/aromatic N) is 4. The van der Waals surface area contributed by atoms with Gasteiger partial charge in [-0.1, -0.05) is 6.42 Å². The average molecular weight is 325 g/mol. The molecular weight excluding hydrogens is 302 g/mol. The first-order valence-corrected chi connectivity index (χ1v) is 8.60. The molecule has 0 saturated carbocycles. The second-order valence-corrected chi connectivity index (χ2v) is 6.00. The van der Waals surface area contributed by atoms with Crippen LogP contribution in [0.15, 0.2) is 30.6 Å². The van der Waals surface area contributed by atoms with E-state index in [0.29, 0.717) is 6.54 Å². The average Bonchev–Trinajstić information content (AvgIpc) is 2.84. The SMILES string of the molecule is O=C(C=Cc1ccncc1)NCCCc1nnc2n1CCCCC2. The van der Waals surface area contributed by atoms with E-state index in [2.05, 4.69) is 25.1 Å². The molecule has 0 fully saturated rings. The van der Waals surface area contributed by atoms with E-state index < -0.39 is 0 Å². The first-order valence-electron chi connectivity index (χ1n) is 8.60. The third kappa shape index (κ3) is 4.50. The Morgan fingerprint density at radius 1 is 1.21 bits per heavy atom. The fourth-order valence-electron chi connectivity index (χ4n) is 2.89. The van der Waals surface area contributed by atoms with Crippen LogP contribution < -0.4 is 5.32 Å². The van der Waals surface area contributed by atoms with Crippen LogP contribution in [0.2, 0.25) is 0 Å². The number of fused-ring (bicyclic) bond motifs is 1. The van der Waals surface area contributed by atoms with Gasteiger partial charge in [-0.2, -0.15) is 0 Å². The van der Waals surface area contributed by atoms with E-state index in [1.165, 1.54) is 19.3 Å². The lowest BCUT2D eigenvalue weighted by Crippen LogP contribution is -2.22. The van der Waals surface area contributed by atoms with Crippen molar-refractivity contribution in [3.05, 3.63) is 47.8 Å². The highest BCUT2D eigenvalue weighted by Crippen LogP contribution is 2.15. The molecule has 126 valence electrons. The first-order chi connectivity index (χ1) is 11.8. The number of carbonyl (C=O) groups is 1. The Hall–Kier alpha value is -2.50. The lowest BCUT2D eigenvalue weighted by atomic mass is 10.2. The third-order valence-corrected chi connectivity index (χ3v) is 4.20. The molecule has 0 bridgehead atoms. The summed E-state index contributed by atoms with van der Waals surface area (Å²) in [5.74, 6) is 2.09. The van der Waals surface area contributed by atoms with Gasteiger partial charge in [0.25, 0.3) is 0 Å². The van der Waals surface area contributed by atoms with Gasteiger partial charge < -0.3 is 9.88 Å². The molecule has 6 heteroatoms. The molecule has 1 N–H and O–H groups in total. The molecule has 0 aromatic carbocycles. The van der Waals surface area contributed by atoms with Gasteiger partial charge in [-0.05, 0) is 43.0 Å². The fraction of sp³-hybridized carbons (Fsp3) is 0.444. The zero-order chi connectivity index (χ0) is 16.6. The number of aryl methyl sites for hydroxylation is 2. The molecule has 1 aliphatic heterocycles. The highest BCUT2D eigenvalue weighted by atomic mass is 16.1. The number of nitrogens with one attached hydrogen (secondary N) is 1. The van der Waals surface area contributed by atoms with Crippen LogP contribution in [-0.2, 0) is 24.2 Å². The fourth-order valence-corrected chi connectivity index (χ4v) is 2.89. The van der Waals surface area contributed by atoms with Crippen molar-refractivity contribution in [1.29, 1.82) is 0 Å². The predicted octanol–water partition coefficient (Wildman–Crippen LogP) is 2.16. The van der Waals surface area contributed by atoms with Crippen molar-refractivity contribution in [3.8, 4) is 0 Å². The van der Waals surface area contributed by atoms with Crippen LogP contribution in [0.4, 0.5) is 0 Å². The van der Waals surface area contributed by atoms with Crippen LogP contribution in [0.1, 0.15) is 42.9 Å². The van der Waals surface area contributed by atoms with Crippen LogP contribution in [0.3, 0.4) is 0 Å². The number of carbonyl (C=O) groups excluding carboxylic acids is 1. The van der Waals surface area contributed by atoms with Crippen LogP contribution in [-0.4, -0.2) is 32.2 Å². The van der Waals surface area contributed by atoms with Crippen molar-refractivity contribution in [1.82, 2.24) is 25.1 Å². The smallest absolute Gasteiger partial charge is 0.243 e. The Labute approximate surface area is 142 Å². The Bertz CT molecular complexity index is 693. The summed E-state index contributed by atoms with van der Waals surface area (Å²) in [5, 5.41) is 11.5. The van der Waals surface area contributed by atoms with Crippen LogP contribution in [0.25, 0.3) is 6.08 Å². The molecule has 0 saturated heterocycles. The van der Waals surface area contributed by atoms with E-state index in [0.717, 1.165) is 43.0 Å². The van der Waals surface area contributed by atoms with Crippen molar-refractivity contribution in [2.45, 2.75) is 45.1 Å². The van der Waals surface area contributed by atoms with Gasteiger partial charge in [0, 0.05) is 44.4 Å². The van der Waals surface area contributed by atoms with E-state index >= 15 is 0 Å². The Kier molecular flexibility index (Phi) is 5.71. The van der Waals surface area contributed by atoms with Gasteiger partial charge in [-0.25, -0.2) is 0 Å². The van der Waals surface area contributed by atoms with E-state index in [9.17, 15) is 4.79 Å². The zero-order valence-corrected chi connectivity index (χ0v) is 13.8. The van der Waals surface area contributed by atoms with E-state index in [1.807, 2.05) is 12.1 Å². The number of amides is 1. The molecular formula is C18H23N5O. The summed E-state index contributed by atoms with van der Waals surface area (Å²) in [6.07, 6.45) is 13.2. The molecule has 2 aromatic rings. The van der Waals surface area contributed by atoms with Gasteiger partial charge in [0.1, 0.15) is 11.6 Å². The van der Waals surface area contributed by atoms with Crippen LogP contribution in [0, 0.1) is 0 Å². The maximum Gasteiger partial charge on any atom is 0.243 e. The molecule has 0 unspecified atom stereocenters. The maximum atomic E-state index is 11.8. The Morgan fingerprint density at radius 2 is 2.08 bits per heavy atom. The number of aromatic nitrogens is 4. The number of hydrogen-bond acceptors (Lipinski definition) is 4. The molecule has 2 aromatic heterocycles. The lowest BCUT2D eigenvalue weighted by molar-refractivity contribution is -0.116. The van der Waals surface area contributed by atoms with Crippen LogP contribution in [0.5, 0.6) is 0 Å². The molecule has 0 radical (unpaired) electrons. The standard InChI is InChI=1S/C18H23N5O/c24-18(8-7-15-9-12-19-13-10-15)20-11-4-6-17-22-21-16-5-2-1-3-14-23(16)17/h7-10,12-13H,1-6,11,14H2,(H,20,24). The molecule has 1 aliphatic rings. The molecule has 24 heavy (non-hydrogen) atoms. The summed E-state index contributed by atoms with van der Waals surface area (Å²) in [4.78, 5) is 15.8. The van der Waals surface area contributed by atoms with Crippen molar-refractivity contribution < 1.29 is 4.79 Å². The monoisotopic (exact) mass is 325 g/mol. The van der Waals surface area contributed by atoms with Crippen molar-refractivity contribution in [2.75, 3.05) is 6.54 Å². The van der Waals surface area contributed by atoms with Gasteiger partial charge in [-0.3, -0.25) is 9.78 Å². The van der Waals surface area contributed by atoms with Gasteiger partial charge in [0.2, 0.25) is 5.91 Å². The topological polar surface area (TPSA) is 72.7 Å². The molecule has 6 nitrogen and oxygen atoms in total. The molecule has 0 aliphatic carbocycles. The minimum atomic E-state index is -0.0770. The van der Waals surface area contributed by atoms with Crippen molar-refractivity contribution >= 4 is 12.0 Å². The minimum absolute atomic E-state index is 0.0770. The molecule has 0 spiro atoms. The molecule has 1 amide bonds. The summed E-state index contributed by atoms with van der Waals surface area (Å²) in [7, 11) is 0. The number of pyridine rings is 1.